The monoisotopic (exact) mass is 269 g/mol. The van der Waals surface area contributed by atoms with Gasteiger partial charge in [0.05, 0.1) is 6.54 Å². The van der Waals surface area contributed by atoms with Crippen LogP contribution >= 0.6 is 0 Å². The fourth-order valence-corrected chi connectivity index (χ4v) is 2.32. The van der Waals surface area contributed by atoms with E-state index in [1.165, 1.54) is 0 Å². The van der Waals surface area contributed by atoms with Crippen LogP contribution in [0.3, 0.4) is 0 Å². The van der Waals surface area contributed by atoms with Crippen molar-refractivity contribution >= 4 is 11.9 Å². The maximum Gasteiger partial charge on any atom is 0.321 e. The quantitative estimate of drug-likeness (QED) is 0.578. The number of aliphatic hydroxyl groups excluding tert-OH is 1. The second-order valence-electron chi connectivity index (χ2n) is 4.68. The SMILES string of the molecule is C=CCNC(=O)NC(=O)CN1CCCC1CCCO. The van der Waals surface area contributed by atoms with Gasteiger partial charge in [0.25, 0.3) is 0 Å². The smallest absolute Gasteiger partial charge is 0.321 e. The van der Waals surface area contributed by atoms with E-state index in [0.29, 0.717) is 12.6 Å². The van der Waals surface area contributed by atoms with Crippen LogP contribution in [0, 0.1) is 0 Å². The van der Waals surface area contributed by atoms with Crippen molar-refractivity contribution in [3.63, 3.8) is 0 Å². The van der Waals surface area contributed by atoms with E-state index in [4.69, 9.17) is 5.11 Å². The first kappa shape index (κ1) is 15.7. The molecule has 1 aliphatic rings. The second kappa shape index (κ2) is 8.66. The summed E-state index contributed by atoms with van der Waals surface area (Å²) in [5.41, 5.74) is 0. The fraction of sp³-hybridized carbons (Fsp3) is 0.692. The minimum absolute atomic E-state index is 0.181. The number of urea groups is 1. The Bertz CT molecular complexity index is 320. The molecule has 0 aromatic carbocycles. The highest BCUT2D eigenvalue weighted by molar-refractivity contribution is 5.95. The Morgan fingerprint density at radius 1 is 1.47 bits per heavy atom. The third-order valence-corrected chi connectivity index (χ3v) is 3.20. The first-order chi connectivity index (χ1) is 9.17. The van der Waals surface area contributed by atoms with Crippen molar-refractivity contribution in [1.82, 2.24) is 15.5 Å². The predicted molar refractivity (Wildman–Crippen MR) is 72.7 cm³/mol. The summed E-state index contributed by atoms with van der Waals surface area (Å²) >= 11 is 0. The van der Waals surface area contributed by atoms with Gasteiger partial charge in [0.2, 0.25) is 5.91 Å². The molecule has 3 amide bonds. The maximum absolute atomic E-state index is 11.7. The van der Waals surface area contributed by atoms with Crippen molar-refractivity contribution in [1.29, 1.82) is 0 Å². The molecule has 0 radical (unpaired) electrons. The topological polar surface area (TPSA) is 81.7 Å². The number of carbonyl (C=O) groups is 2. The fourth-order valence-electron chi connectivity index (χ4n) is 2.32. The lowest BCUT2D eigenvalue weighted by Gasteiger charge is -2.23. The van der Waals surface area contributed by atoms with E-state index in [1.54, 1.807) is 6.08 Å². The van der Waals surface area contributed by atoms with Crippen LogP contribution in [0.1, 0.15) is 25.7 Å². The number of imide groups is 1. The second-order valence-corrected chi connectivity index (χ2v) is 4.68. The summed E-state index contributed by atoms with van der Waals surface area (Å²) in [6, 6.07) is -0.148. The molecule has 1 unspecified atom stereocenters. The number of aliphatic hydroxyl groups is 1. The molecule has 0 aromatic rings. The maximum atomic E-state index is 11.7. The molecule has 6 nitrogen and oxygen atoms in total. The van der Waals surface area contributed by atoms with E-state index in [9.17, 15) is 9.59 Å². The minimum Gasteiger partial charge on any atom is -0.396 e. The number of rotatable bonds is 7. The average Bonchev–Trinajstić information content (AvgIpc) is 2.81. The predicted octanol–water partition coefficient (Wildman–Crippen LogP) is 0.235. The minimum atomic E-state index is -0.490. The Hall–Kier alpha value is -1.40. The molecule has 1 fully saturated rings. The Labute approximate surface area is 113 Å². The summed E-state index contributed by atoms with van der Waals surface area (Å²) in [7, 11) is 0. The van der Waals surface area contributed by atoms with Gasteiger partial charge in [0, 0.05) is 19.2 Å². The van der Waals surface area contributed by atoms with Gasteiger partial charge < -0.3 is 10.4 Å². The number of carbonyl (C=O) groups excluding carboxylic acids is 2. The standard InChI is InChI=1S/C13H23N3O3/c1-2-7-14-13(19)15-12(18)10-16-8-3-5-11(16)6-4-9-17/h2,11,17H,1,3-10H2,(H2,14,15,18,19). The van der Waals surface area contributed by atoms with Gasteiger partial charge in [-0.15, -0.1) is 6.58 Å². The normalized spacial score (nSPS) is 19.1. The zero-order valence-electron chi connectivity index (χ0n) is 11.2. The third-order valence-electron chi connectivity index (χ3n) is 3.20. The molecule has 0 spiro atoms. The molecule has 0 aromatic heterocycles. The molecule has 0 bridgehead atoms. The number of likely N-dealkylation sites (tertiary alicyclic amines) is 1. The summed E-state index contributed by atoms with van der Waals surface area (Å²) in [4.78, 5) is 25.1. The molecule has 108 valence electrons. The van der Waals surface area contributed by atoms with E-state index < -0.39 is 6.03 Å². The van der Waals surface area contributed by atoms with E-state index in [2.05, 4.69) is 22.1 Å². The highest BCUT2D eigenvalue weighted by Gasteiger charge is 2.25. The van der Waals surface area contributed by atoms with Crippen LogP contribution in [0.15, 0.2) is 12.7 Å². The number of hydrogen-bond acceptors (Lipinski definition) is 4. The molecular formula is C13H23N3O3. The number of nitrogens with one attached hydrogen (secondary N) is 2. The lowest BCUT2D eigenvalue weighted by Crippen LogP contribution is -2.45. The van der Waals surface area contributed by atoms with Crippen LogP contribution in [0.4, 0.5) is 4.79 Å². The summed E-state index contributed by atoms with van der Waals surface area (Å²) in [6.07, 6.45) is 5.31. The van der Waals surface area contributed by atoms with Gasteiger partial charge in [0.1, 0.15) is 0 Å². The summed E-state index contributed by atoms with van der Waals surface area (Å²) in [5, 5.41) is 13.6. The van der Waals surface area contributed by atoms with Crippen LogP contribution in [-0.4, -0.2) is 54.2 Å². The van der Waals surface area contributed by atoms with E-state index >= 15 is 0 Å². The first-order valence-electron chi connectivity index (χ1n) is 6.71. The lowest BCUT2D eigenvalue weighted by atomic mass is 10.1. The van der Waals surface area contributed by atoms with E-state index in [1.807, 2.05) is 0 Å². The summed E-state index contributed by atoms with van der Waals surface area (Å²) in [6.45, 7) is 5.10. The van der Waals surface area contributed by atoms with Crippen molar-refractivity contribution in [2.24, 2.45) is 0 Å². The highest BCUT2D eigenvalue weighted by atomic mass is 16.3. The molecule has 1 rings (SSSR count). The first-order valence-corrected chi connectivity index (χ1v) is 6.71. The van der Waals surface area contributed by atoms with Gasteiger partial charge in [-0.05, 0) is 32.2 Å². The van der Waals surface area contributed by atoms with Crippen LogP contribution in [0.2, 0.25) is 0 Å². The Kier molecular flexibility index (Phi) is 7.14. The largest absolute Gasteiger partial charge is 0.396 e. The Morgan fingerprint density at radius 2 is 2.26 bits per heavy atom. The zero-order valence-corrected chi connectivity index (χ0v) is 11.2. The van der Waals surface area contributed by atoms with Gasteiger partial charge in [-0.1, -0.05) is 6.08 Å². The van der Waals surface area contributed by atoms with Crippen LogP contribution < -0.4 is 10.6 Å². The van der Waals surface area contributed by atoms with Gasteiger partial charge in [-0.25, -0.2) is 4.79 Å². The van der Waals surface area contributed by atoms with Crippen LogP contribution in [-0.2, 0) is 4.79 Å². The van der Waals surface area contributed by atoms with Gasteiger partial charge in [-0.3, -0.25) is 15.0 Å². The third kappa shape index (κ3) is 5.85. The molecule has 0 aliphatic carbocycles. The molecule has 1 atom stereocenters. The number of nitrogens with zero attached hydrogens (tertiary/aromatic N) is 1. The van der Waals surface area contributed by atoms with Gasteiger partial charge in [0.15, 0.2) is 0 Å². The van der Waals surface area contributed by atoms with Crippen molar-refractivity contribution in [3.8, 4) is 0 Å². The summed E-state index contributed by atoms with van der Waals surface area (Å²) in [5.74, 6) is -0.294. The number of hydrogen-bond donors (Lipinski definition) is 3. The molecule has 0 saturated carbocycles. The molecule has 1 aliphatic heterocycles. The molecular weight excluding hydrogens is 246 g/mol. The molecule has 1 saturated heterocycles. The van der Waals surface area contributed by atoms with Crippen molar-refractivity contribution in [2.75, 3.05) is 26.2 Å². The molecule has 6 heteroatoms. The van der Waals surface area contributed by atoms with Crippen LogP contribution in [0.25, 0.3) is 0 Å². The van der Waals surface area contributed by atoms with Crippen LogP contribution in [0.5, 0.6) is 0 Å². The van der Waals surface area contributed by atoms with Gasteiger partial charge >= 0.3 is 6.03 Å². The van der Waals surface area contributed by atoms with E-state index in [0.717, 1.165) is 32.2 Å². The van der Waals surface area contributed by atoms with E-state index in [-0.39, 0.29) is 19.1 Å². The molecule has 1 heterocycles. The Balaban J connectivity index is 2.30. The average molecular weight is 269 g/mol. The Morgan fingerprint density at radius 3 is 2.95 bits per heavy atom. The summed E-state index contributed by atoms with van der Waals surface area (Å²) < 4.78 is 0. The van der Waals surface area contributed by atoms with Crippen molar-refractivity contribution in [2.45, 2.75) is 31.7 Å². The molecule has 19 heavy (non-hydrogen) atoms. The van der Waals surface area contributed by atoms with Gasteiger partial charge in [-0.2, -0.15) is 0 Å². The van der Waals surface area contributed by atoms with Crippen molar-refractivity contribution < 1.29 is 14.7 Å². The lowest BCUT2D eigenvalue weighted by molar-refractivity contribution is -0.121. The molecule has 3 N–H and O–H groups in total. The van der Waals surface area contributed by atoms with Crippen molar-refractivity contribution in [3.05, 3.63) is 12.7 Å². The highest BCUT2D eigenvalue weighted by Crippen LogP contribution is 2.20. The number of amides is 3. The zero-order chi connectivity index (χ0) is 14.1.